The summed E-state index contributed by atoms with van der Waals surface area (Å²) in [6.07, 6.45) is 0. The Bertz CT molecular complexity index is 259. The van der Waals surface area contributed by atoms with E-state index < -0.39 is 18.3 Å². The van der Waals surface area contributed by atoms with Crippen molar-refractivity contribution in [3.05, 3.63) is 0 Å². The molecule has 0 aromatic carbocycles. The van der Waals surface area contributed by atoms with Gasteiger partial charge in [0.1, 0.15) is 4.16 Å². The minimum absolute atomic E-state index is 0.0237. The summed E-state index contributed by atoms with van der Waals surface area (Å²) in [5.41, 5.74) is 0. The van der Waals surface area contributed by atoms with Crippen LogP contribution in [0.2, 0.25) is 0 Å². The molecular weight excluding hydrogens is 364 g/mol. The second-order valence-corrected chi connectivity index (χ2v) is 9.23. The van der Waals surface area contributed by atoms with Gasteiger partial charge in [-0.15, -0.1) is 0 Å². The van der Waals surface area contributed by atoms with Gasteiger partial charge in [-0.1, -0.05) is 47.8 Å². The highest BCUT2D eigenvalue weighted by Gasteiger charge is 2.52. The molecule has 0 aliphatic carbocycles. The molecule has 0 bridgehead atoms. The van der Waals surface area contributed by atoms with Crippen molar-refractivity contribution in [2.75, 3.05) is 5.75 Å². The third-order valence-electron chi connectivity index (χ3n) is 1.75. The average molecular weight is 371 g/mol. The van der Waals surface area contributed by atoms with Gasteiger partial charge < -0.3 is 0 Å². The molecule has 0 spiro atoms. The van der Waals surface area contributed by atoms with Crippen molar-refractivity contribution in [2.45, 2.75) is 20.2 Å². The third kappa shape index (κ3) is 1.69. The first kappa shape index (κ1) is 10.5. The number of hydrogen-bond donors (Lipinski definition) is 0. The van der Waals surface area contributed by atoms with Crippen LogP contribution in [0.15, 0.2) is 0 Å². The summed E-state index contributed by atoms with van der Waals surface area (Å²) >= 11 is 9.85. The van der Waals surface area contributed by atoms with Crippen molar-refractivity contribution in [3.8, 4) is 0 Å². The summed E-state index contributed by atoms with van der Waals surface area (Å²) in [4.78, 5) is -0.0237. The van der Waals surface area contributed by atoms with E-state index in [-0.39, 0.29) is 10.6 Å². The van der Waals surface area contributed by atoms with Crippen LogP contribution in [0, 0.1) is 0 Å². The van der Waals surface area contributed by atoms with Gasteiger partial charge in [0, 0.05) is 4.83 Å². The molecule has 1 heterocycles. The Labute approximate surface area is 91.4 Å². The molecule has 1 fully saturated rings. The van der Waals surface area contributed by atoms with Crippen molar-refractivity contribution >= 4 is 57.6 Å². The van der Waals surface area contributed by atoms with Crippen LogP contribution in [0.1, 0.15) is 6.92 Å². The van der Waals surface area contributed by atoms with Crippen molar-refractivity contribution < 1.29 is 8.42 Å². The molecule has 1 saturated heterocycles. The van der Waals surface area contributed by atoms with Crippen molar-refractivity contribution in [1.29, 1.82) is 0 Å². The van der Waals surface area contributed by atoms with Gasteiger partial charge in [0.15, 0.2) is 9.84 Å². The lowest BCUT2D eigenvalue weighted by molar-refractivity contribution is 0.599. The summed E-state index contributed by atoms with van der Waals surface area (Å²) in [5, 5.41) is 0. The molecule has 0 saturated carbocycles. The predicted molar refractivity (Wildman–Crippen MR) is 56.5 cm³/mol. The molecule has 3 atom stereocenters. The Kier molecular flexibility index (Phi) is 2.82. The molecular formula is C5H7Br3O2S. The van der Waals surface area contributed by atoms with E-state index >= 15 is 0 Å². The fourth-order valence-corrected chi connectivity index (χ4v) is 6.64. The lowest BCUT2D eigenvalue weighted by atomic mass is 10.2. The van der Waals surface area contributed by atoms with Crippen LogP contribution in [0.25, 0.3) is 0 Å². The molecule has 0 N–H and O–H groups in total. The SMILES string of the molecule is C[C@]1(Br)[C@H](Br)CS(=O)(=O)[C@H]1Br. The van der Waals surface area contributed by atoms with Gasteiger partial charge in [-0.3, -0.25) is 0 Å². The summed E-state index contributed by atoms with van der Waals surface area (Å²) in [6, 6.07) is 0. The summed E-state index contributed by atoms with van der Waals surface area (Å²) in [7, 11) is -2.96. The van der Waals surface area contributed by atoms with E-state index in [9.17, 15) is 8.42 Å². The Balaban J connectivity index is 3.09. The zero-order chi connectivity index (χ0) is 8.86. The van der Waals surface area contributed by atoms with Crippen LogP contribution in [0.5, 0.6) is 0 Å². The molecule has 0 unspecified atom stereocenters. The first-order valence-corrected chi connectivity index (χ1v) is 7.31. The number of alkyl halides is 3. The molecule has 0 aromatic heterocycles. The van der Waals surface area contributed by atoms with Gasteiger partial charge in [0.2, 0.25) is 0 Å². The van der Waals surface area contributed by atoms with E-state index in [0.717, 1.165) is 0 Å². The van der Waals surface area contributed by atoms with Crippen LogP contribution in [0.3, 0.4) is 0 Å². The van der Waals surface area contributed by atoms with E-state index in [0.29, 0.717) is 0 Å². The summed E-state index contributed by atoms with van der Waals surface area (Å²) in [6.45, 7) is 1.86. The van der Waals surface area contributed by atoms with Gasteiger partial charge in [0.25, 0.3) is 0 Å². The smallest absolute Gasteiger partial charge is 0.165 e. The predicted octanol–water partition coefficient (Wildman–Crippen LogP) is 2.05. The Morgan fingerprint density at radius 1 is 1.45 bits per heavy atom. The quantitative estimate of drug-likeness (QED) is 0.612. The van der Waals surface area contributed by atoms with Gasteiger partial charge in [-0.2, -0.15) is 0 Å². The maximum absolute atomic E-state index is 11.3. The molecule has 6 heteroatoms. The highest BCUT2D eigenvalue weighted by molar-refractivity contribution is 9.15. The summed E-state index contributed by atoms with van der Waals surface area (Å²) < 4.78 is 21.7. The van der Waals surface area contributed by atoms with Crippen molar-refractivity contribution in [1.82, 2.24) is 0 Å². The van der Waals surface area contributed by atoms with E-state index in [1.807, 2.05) is 6.92 Å². The Morgan fingerprint density at radius 3 is 2.00 bits per heavy atom. The van der Waals surface area contributed by atoms with E-state index in [2.05, 4.69) is 47.8 Å². The van der Waals surface area contributed by atoms with Crippen LogP contribution in [-0.4, -0.2) is 27.5 Å². The van der Waals surface area contributed by atoms with Gasteiger partial charge in [-0.25, -0.2) is 8.42 Å². The molecule has 0 amide bonds. The lowest BCUT2D eigenvalue weighted by Crippen LogP contribution is -2.31. The lowest BCUT2D eigenvalue weighted by Gasteiger charge is -2.21. The van der Waals surface area contributed by atoms with E-state index in [4.69, 9.17) is 0 Å². The van der Waals surface area contributed by atoms with E-state index in [1.54, 1.807) is 0 Å². The van der Waals surface area contributed by atoms with Gasteiger partial charge in [-0.05, 0) is 6.92 Å². The largest absolute Gasteiger partial charge is 0.228 e. The molecule has 11 heavy (non-hydrogen) atoms. The molecule has 1 aliphatic heterocycles. The first-order valence-electron chi connectivity index (χ1n) is 2.97. The topological polar surface area (TPSA) is 34.1 Å². The third-order valence-corrected chi connectivity index (χ3v) is 10.6. The first-order chi connectivity index (χ1) is 4.78. The standard InChI is InChI=1S/C5H7Br3O2S/c1-5(8)3(6)2-11(9,10)4(5)7/h3-4H,2H2,1H3/t3-,4-,5+/m1/s1. The molecule has 0 aromatic rings. The maximum Gasteiger partial charge on any atom is 0.165 e. The maximum atomic E-state index is 11.3. The van der Waals surface area contributed by atoms with Crippen LogP contribution < -0.4 is 0 Å². The second-order valence-electron chi connectivity index (χ2n) is 2.76. The van der Waals surface area contributed by atoms with Crippen LogP contribution in [0.4, 0.5) is 0 Å². The number of halogens is 3. The number of hydrogen-bond acceptors (Lipinski definition) is 2. The van der Waals surface area contributed by atoms with Crippen LogP contribution in [-0.2, 0) is 9.84 Å². The highest BCUT2D eigenvalue weighted by atomic mass is 79.9. The zero-order valence-corrected chi connectivity index (χ0v) is 11.3. The molecule has 1 aliphatic rings. The Morgan fingerprint density at radius 2 is 1.91 bits per heavy atom. The molecule has 66 valence electrons. The zero-order valence-electron chi connectivity index (χ0n) is 5.72. The average Bonchev–Trinajstić information content (AvgIpc) is 1.94. The number of sulfone groups is 1. The molecule has 2 nitrogen and oxygen atoms in total. The Hall–Kier alpha value is 1.39. The highest BCUT2D eigenvalue weighted by Crippen LogP contribution is 2.44. The number of rotatable bonds is 0. The fourth-order valence-electron chi connectivity index (χ4n) is 0.945. The summed E-state index contributed by atoms with van der Waals surface area (Å²) in [5.74, 6) is 0.185. The monoisotopic (exact) mass is 368 g/mol. The van der Waals surface area contributed by atoms with Crippen molar-refractivity contribution in [3.63, 3.8) is 0 Å². The minimum atomic E-state index is -2.96. The van der Waals surface area contributed by atoms with Crippen LogP contribution >= 0.6 is 47.8 Å². The minimum Gasteiger partial charge on any atom is -0.228 e. The molecule has 1 rings (SSSR count). The van der Waals surface area contributed by atoms with Crippen molar-refractivity contribution in [2.24, 2.45) is 0 Å². The fraction of sp³-hybridized carbons (Fsp3) is 1.00. The van der Waals surface area contributed by atoms with E-state index in [1.165, 1.54) is 0 Å². The van der Waals surface area contributed by atoms with Gasteiger partial charge in [0.05, 0.1) is 10.1 Å². The molecule has 0 radical (unpaired) electrons. The second kappa shape index (κ2) is 2.96. The van der Waals surface area contributed by atoms with Gasteiger partial charge >= 0.3 is 0 Å². The normalized spacial score (nSPS) is 49.5.